The van der Waals surface area contributed by atoms with E-state index >= 15 is 0 Å². The average molecular weight is 604 g/mol. The molecule has 0 aromatic rings. The summed E-state index contributed by atoms with van der Waals surface area (Å²) < 4.78 is 23.9. The number of amides is 1. The fraction of sp³-hybridized carbons (Fsp3) is 0.893. The number of allylic oxidation sites excluding steroid dienone is 1. The normalized spacial score (nSPS) is 31.1. The molecule has 1 saturated heterocycles. The van der Waals surface area contributed by atoms with Crippen LogP contribution in [-0.4, -0.2) is 127 Å². The molecule has 0 unspecified atom stereocenters. The van der Waals surface area contributed by atoms with Gasteiger partial charge >= 0.3 is 0 Å². The molecule has 2 aliphatic heterocycles. The predicted molar refractivity (Wildman–Crippen MR) is 154 cm³/mol. The molecule has 0 aromatic heterocycles. The monoisotopic (exact) mass is 603 g/mol. The summed E-state index contributed by atoms with van der Waals surface area (Å²) in [4.78, 5) is 12.7. The van der Waals surface area contributed by atoms with E-state index in [0.717, 1.165) is 44.7 Å². The first kappa shape index (κ1) is 35.1. The van der Waals surface area contributed by atoms with Crippen LogP contribution < -0.4 is 27.4 Å². The highest BCUT2D eigenvalue weighted by atomic mass is 16.7. The van der Waals surface area contributed by atoms with Gasteiger partial charge in [0.2, 0.25) is 5.91 Å². The van der Waals surface area contributed by atoms with Crippen LogP contribution in [0.25, 0.3) is 0 Å². The van der Waals surface area contributed by atoms with Gasteiger partial charge in [-0.3, -0.25) is 4.79 Å². The summed E-state index contributed by atoms with van der Waals surface area (Å²) in [5.74, 6) is 0.731. The third-order valence-electron chi connectivity index (χ3n) is 8.04. The van der Waals surface area contributed by atoms with Crippen LogP contribution in [0.1, 0.15) is 51.9 Å². The maximum Gasteiger partial charge on any atom is 0.249 e. The number of rotatable bonds is 17. The molecule has 14 nitrogen and oxygen atoms in total. The summed E-state index contributed by atoms with van der Waals surface area (Å²) in [7, 11) is 0. The zero-order valence-corrected chi connectivity index (χ0v) is 24.7. The lowest BCUT2D eigenvalue weighted by Crippen LogP contribution is -2.66. The number of aliphatic hydroxyl groups excluding tert-OH is 4. The molecule has 42 heavy (non-hydrogen) atoms. The van der Waals surface area contributed by atoms with E-state index in [4.69, 9.17) is 30.4 Å². The van der Waals surface area contributed by atoms with Crippen LogP contribution in [0.4, 0.5) is 0 Å². The molecule has 0 radical (unpaired) electrons. The van der Waals surface area contributed by atoms with E-state index in [1.54, 1.807) is 6.92 Å². The molecular weight excluding hydrogens is 550 g/mol. The first-order chi connectivity index (χ1) is 20.3. The minimum Gasteiger partial charge on any atom is -0.468 e. The topological polar surface area (TPSA) is 223 Å². The quantitative estimate of drug-likeness (QED) is 0.0803. The minimum atomic E-state index is -1.34. The van der Waals surface area contributed by atoms with Crippen molar-refractivity contribution in [3.05, 3.63) is 11.8 Å². The molecule has 0 spiro atoms. The van der Waals surface area contributed by atoms with Gasteiger partial charge in [-0.2, -0.15) is 0 Å². The molecule has 1 saturated carbocycles. The Bertz CT molecular complexity index is 819. The van der Waals surface area contributed by atoms with E-state index in [9.17, 15) is 25.2 Å². The van der Waals surface area contributed by atoms with Crippen LogP contribution in [-0.2, 0) is 23.7 Å². The van der Waals surface area contributed by atoms with Crippen molar-refractivity contribution in [3.63, 3.8) is 0 Å². The Morgan fingerprint density at radius 3 is 2.69 bits per heavy atom. The Morgan fingerprint density at radius 2 is 2.00 bits per heavy atom. The fourth-order valence-corrected chi connectivity index (χ4v) is 5.59. The molecule has 3 aliphatic rings. The first-order valence-corrected chi connectivity index (χ1v) is 15.4. The summed E-state index contributed by atoms with van der Waals surface area (Å²) in [6, 6.07) is -1.54. The summed E-state index contributed by atoms with van der Waals surface area (Å²) in [5.41, 5.74) is 12.0. The number of aliphatic hydroxyl groups is 4. The summed E-state index contributed by atoms with van der Waals surface area (Å²) in [5, 5.41) is 50.9. The van der Waals surface area contributed by atoms with Crippen molar-refractivity contribution in [2.75, 3.05) is 45.9 Å². The Labute approximate surface area is 248 Å². The van der Waals surface area contributed by atoms with Crippen molar-refractivity contribution in [2.24, 2.45) is 17.4 Å². The second-order valence-corrected chi connectivity index (χ2v) is 11.4. The standard InChI is InChI=1S/C28H53N5O9/c1-2-21(35)28(39-13-12-34)42-26-20(33-27(38)22(36)6-9-29)14-19(30)25(24(26)37)41-23-5-3-4-18(40-23)16-32-15-17-7-10-31-11-8-17/h4,17,19-26,28,31-32,34-37H,2-3,5-16,29-30H2,1H3,(H,33,38)/t19-,20+,21+,22+,23+,24-,25+,26-,28+/m0/s1. The van der Waals surface area contributed by atoms with E-state index in [1.165, 1.54) is 0 Å². The Balaban J connectivity index is 1.66. The van der Waals surface area contributed by atoms with Crippen LogP contribution in [0.2, 0.25) is 0 Å². The SMILES string of the molecule is CC[C@@H](O)[C@H](OCCO)O[C@@H]1[C@@H](O)[C@H](O[C@@H]2CCC=C(CNCC3CCNCC3)O2)[C@@H](N)C[C@H]1NC(=O)[C@H](O)CCN. The molecule has 14 heteroatoms. The maximum absolute atomic E-state index is 12.7. The largest absolute Gasteiger partial charge is 0.468 e. The Morgan fingerprint density at radius 1 is 1.24 bits per heavy atom. The zero-order valence-electron chi connectivity index (χ0n) is 24.7. The smallest absolute Gasteiger partial charge is 0.249 e. The van der Waals surface area contributed by atoms with Gasteiger partial charge in [0.15, 0.2) is 12.6 Å². The van der Waals surface area contributed by atoms with Crippen molar-refractivity contribution in [1.29, 1.82) is 0 Å². The highest BCUT2D eigenvalue weighted by molar-refractivity contribution is 5.80. The van der Waals surface area contributed by atoms with Gasteiger partial charge in [-0.05, 0) is 76.7 Å². The summed E-state index contributed by atoms with van der Waals surface area (Å²) in [6.07, 6.45) is -1.49. The lowest BCUT2D eigenvalue weighted by molar-refractivity contribution is -0.269. The van der Waals surface area contributed by atoms with Gasteiger partial charge in [0.25, 0.3) is 0 Å². The lowest BCUT2D eigenvalue weighted by atomic mass is 9.83. The van der Waals surface area contributed by atoms with Crippen molar-refractivity contribution in [3.8, 4) is 0 Å². The van der Waals surface area contributed by atoms with Crippen LogP contribution in [0.5, 0.6) is 0 Å². The van der Waals surface area contributed by atoms with Crippen LogP contribution >= 0.6 is 0 Å². The van der Waals surface area contributed by atoms with E-state index in [0.29, 0.717) is 18.9 Å². The molecule has 244 valence electrons. The minimum absolute atomic E-state index is 0.0583. The number of carbonyl (C=O) groups excluding carboxylic acids is 1. The van der Waals surface area contributed by atoms with Gasteiger partial charge in [0.1, 0.15) is 36.3 Å². The van der Waals surface area contributed by atoms with Crippen molar-refractivity contribution >= 4 is 5.91 Å². The van der Waals surface area contributed by atoms with Gasteiger partial charge in [0.05, 0.1) is 25.8 Å². The molecule has 1 amide bonds. The van der Waals surface area contributed by atoms with E-state index in [2.05, 4.69) is 16.0 Å². The number of piperidine rings is 1. The van der Waals surface area contributed by atoms with Gasteiger partial charge in [-0.1, -0.05) is 6.92 Å². The van der Waals surface area contributed by atoms with E-state index < -0.39 is 61.1 Å². The van der Waals surface area contributed by atoms with Gasteiger partial charge in [-0.15, -0.1) is 0 Å². The second-order valence-electron chi connectivity index (χ2n) is 11.4. The first-order valence-electron chi connectivity index (χ1n) is 15.4. The van der Waals surface area contributed by atoms with Crippen LogP contribution in [0, 0.1) is 5.92 Å². The highest BCUT2D eigenvalue weighted by Crippen LogP contribution is 2.30. The fourth-order valence-electron chi connectivity index (χ4n) is 5.59. The Hall–Kier alpha value is -1.43. The second kappa shape index (κ2) is 18.4. The van der Waals surface area contributed by atoms with Gasteiger partial charge in [-0.25, -0.2) is 0 Å². The Kier molecular flexibility index (Phi) is 15.4. The van der Waals surface area contributed by atoms with Crippen molar-refractivity contribution in [1.82, 2.24) is 16.0 Å². The molecule has 2 fully saturated rings. The predicted octanol–water partition coefficient (Wildman–Crippen LogP) is -2.24. The number of nitrogens with one attached hydrogen (secondary N) is 3. The average Bonchev–Trinajstić information content (AvgIpc) is 2.99. The highest BCUT2D eigenvalue weighted by Gasteiger charge is 2.48. The molecule has 3 rings (SSSR count). The van der Waals surface area contributed by atoms with E-state index in [-0.39, 0.29) is 39.0 Å². The molecular formula is C28H53N5O9. The molecule has 11 N–H and O–H groups in total. The molecule has 9 atom stereocenters. The number of hydrogen-bond acceptors (Lipinski definition) is 13. The molecule has 0 bridgehead atoms. The number of hydrogen-bond donors (Lipinski definition) is 9. The van der Waals surface area contributed by atoms with Crippen LogP contribution in [0.3, 0.4) is 0 Å². The van der Waals surface area contributed by atoms with Crippen molar-refractivity contribution in [2.45, 2.75) is 107 Å². The third kappa shape index (κ3) is 10.6. The third-order valence-corrected chi connectivity index (χ3v) is 8.04. The van der Waals surface area contributed by atoms with Crippen LogP contribution in [0.15, 0.2) is 11.8 Å². The lowest BCUT2D eigenvalue weighted by Gasteiger charge is -2.45. The summed E-state index contributed by atoms with van der Waals surface area (Å²) in [6.45, 7) is 5.02. The summed E-state index contributed by atoms with van der Waals surface area (Å²) >= 11 is 0. The molecule has 2 heterocycles. The van der Waals surface area contributed by atoms with Gasteiger partial charge < -0.3 is 66.8 Å². The molecule has 1 aliphatic carbocycles. The number of nitrogens with two attached hydrogens (primary N) is 2. The number of ether oxygens (including phenoxy) is 4. The maximum atomic E-state index is 12.7. The molecule has 0 aromatic carbocycles. The zero-order chi connectivity index (χ0) is 30.5. The van der Waals surface area contributed by atoms with Gasteiger partial charge in [0, 0.05) is 12.5 Å². The van der Waals surface area contributed by atoms with E-state index in [1.807, 2.05) is 6.08 Å². The van der Waals surface area contributed by atoms with Crippen molar-refractivity contribution < 1.29 is 44.2 Å². The number of carbonyl (C=O) groups is 1.